The number of aromatic nitrogens is 1. The predicted octanol–water partition coefficient (Wildman–Crippen LogP) is 3.35. The third-order valence-corrected chi connectivity index (χ3v) is 3.84. The van der Waals surface area contributed by atoms with Gasteiger partial charge in [-0.1, -0.05) is 12.1 Å². The Bertz CT molecular complexity index is 615. The van der Waals surface area contributed by atoms with E-state index >= 15 is 0 Å². The molecule has 1 saturated heterocycles. The number of fused-ring (bicyclic) bond motifs is 1. The van der Waals surface area contributed by atoms with Gasteiger partial charge < -0.3 is 4.90 Å². The number of pyridine rings is 1. The minimum absolute atomic E-state index is 0.690. The second-order valence-electron chi connectivity index (χ2n) is 5.24. The highest BCUT2D eigenvalue weighted by atomic mass is 16.1. The maximum absolute atomic E-state index is 10.9. The van der Waals surface area contributed by atoms with Crippen molar-refractivity contribution in [2.45, 2.75) is 26.2 Å². The Kier molecular flexibility index (Phi) is 3.20. The molecule has 19 heavy (non-hydrogen) atoms. The van der Waals surface area contributed by atoms with Crippen LogP contribution in [-0.2, 0) is 0 Å². The summed E-state index contributed by atoms with van der Waals surface area (Å²) in [6.45, 7) is 4.29. The highest BCUT2D eigenvalue weighted by molar-refractivity contribution is 5.89. The van der Waals surface area contributed by atoms with Crippen LogP contribution in [0.1, 0.15) is 35.2 Å². The summed E-state index contributed by atoms with van der Waals surface area (Å²) in [7, 11) is 0. The lowest BCUT2D eigenvalue weighted by Gasteiger charge is -2.28. The van der Waals surface area contributed by atoms with Crippen molar-refractivity contribution in [2.24, 2.45) is 0 Å². The van der Waals surface area contributed by atoms with Crippen molar-refractivity contribution in [3.63, 3.8) is 0 Å². The average molecular weight is 254 g/mol. The van der Waals surface area contributed by atoms with E-state index in [2.05, 4.69) is 17.9 Å². The first-order valence-electron chi connectivity index (χ1n) is 6.89. The van der Waals surface area contributed by atoms with Gasteiger partial charge >= 0.3 is 0 Å². The molecule has 0 spiro atoms. The van der Waals surface area contributed by atoms with Crippen molar-refractivity contribution >= 4 is 23.0 Å². The largest absolute Gasteiger partial charge is 0.357 e. The molecule has 0 amide bonds. The molecular weight excluding hydrogens is 236 g/mol. The third kappa shape index (κ3) is 2.33. The van der Waals surface area contributed by atoms with E-state index in [0.717, 1.165) is 36.1 Å². The zero-order valence-electron chi connectivity index (χ0n) is 11.2. The van der Waals surface area contributed by atoms with Crippen molar-refractivity contribution in [1.82, 2.24) is 4.98 Å². The van der Waals surface area contributed by atoms with Crippen molar-refractivity contribution in [1.29, 1.82) is 0 Å². The van der Waals surface area contributed by atoms with E-state index in [4.69, 9.17) is 4.98 Å². The van der Waals surface area contributed by atoms with Crippen LogP contribution in [0.3, 0.4) is 0 Å². The van der Waals surface area contributed by atoms with Crippen molar-refractivity contribution in [3.05, 3.63) is 35.4 Å². The Morgan fingerprint density at radius 1 is 1.16 bits per heavy atom. The van der Waals surface area contributed by atoms with Gasteiger partial charge in [-0.3, -0.25) is 4.79 Å². The number of hydrogen-bond acceptors (Lipinski definition) is 3. The topological polar surface area (TPSA) is 33.2 Å². The van der Waals surface area contributed by atoms with E-state index in [1.165, 1.54) is 24.8 Å². The molecule has 0 bridgehead atoms. The monoisotopic (exact) mass is 254 g/mol. The Hall–Kier alpha value is -1.90. The van der Waals surface area contributed by atoms with E-state index in [0.29, 0.717) is 5.56 Å². The Balaban J connectivity index is 2.08. The molecule has 1 fully saturated rings. The molecule has 2 heterocycles. The van der Waals surface area contributed by atoms with Crippen LogP contribution in [0.5, 0.6) is 0 Å². The Morgan fingerprint density at radius 3 is 2.68 bits per heavy atom. The Labute approximate surface area is 113 Å². The molecule has 3 rings (SSSR count). The molecule has 1 aromatic carbocycles. The molecule has 1 aliphatic rings. The molecular formula is C16H18N2O. The fraction of sp³-hybridized carbons (Fsp3) is 0.375. The van der Waals surface area contributed by atoms with Crippen molar-refractivity contribution < 1.29 is 4.79 Å². The molecule has 3 nitrogen and oxygen atoms in total. The molecule has 0 aliphatic carbocycles. The zero-order valence-corrected chi connectivity index (χ0v) is 11.2. The summed E-state index contributed by atoms with van der Waals surface area (Å²) in [5.41, 5.74) is 2.84. The first-order chi connectivity index (χ1) is 9.28. The van der Waals surface area contributed by atoms with Crippen LogP contribution in [-0.4, -0.2) is 24.4 Å². The van der Waals surface area contributed by atoms with Crippen molar-refractivity contribution in [2.75, 3.05) is 18.0 Å². The van der Waals surface area contributed by atoms with Gasteiger partial charge in [0.2, 0.25) is 0 Å². The smallest absolute Gasteiger partial charge is 0.150 e. The van der Waals surface area contributed by atoms with Crippen LogP contribution in [0.25, 0.3) is 10.9 Å². The quantitative estimate of drug-likeness (QED) is 0.771. The minimum Gasteiger partial charge on any atom is -0.357 e. The van der Waals surface area contributed by atoms with Crippen LogP contribution in [0, 0.1) is 6.92 Å². The number of aldehydes is 1. The number of aryl methyl sites for hydroxylation is 1. The van der Waals surface area contributed by atoms with E-state index < -0.39 is 0 Å². The number of carbonyl (C=O) groups excluding carboxylic acids is 1. The molecule has 0 radical (unpaired) electrons. The summed E-state index contributed by atoms with van der Waals surface area (Å²) < 4.78 is 0. The molecule has 0 unspecified atom stereocenters. The lowest BCUT2D eigenvalue weighted by Crippen LogP contribution is -2.30. The van der Waals surface area contributed by atoms with Crippen LogP contribution < -0.4 is 4.90 Å². The summed E-state index contributed by atoms with van der Waals surface area (Å²) in [6.07, 6.45) is 4.68. The van der Waals surface area contributed by atoms with Crippen LogP contribution >= 0.6 is 0 Å². The summed E-state index contributed by atoms with van der Waals surface area (Å²) >= 11 is 0. The molecule has 2 aromatic rings. The standard InChI is InChI=1S/C16H18N2O/c1-12-9-16(18-7-3-2-4-8-18)17-15-10-13(11-19)5-6-14(12)15/h5-6,9-11H,2-4,7-8H2,1H3. The zero-order chi connectivity index (χ0) is 13.2. The summed E-state index contributed by atoms with van der Waals surface area (Å²) in [5.74, 6) is 1.05. The van der Waals surface area contributed by atoms with E-state index in [9.17, 15) is 4.79 Å². The van der Waals surface area contributed by atoms with Gasteiger partial charge in [0.25, 0.3) is 0 Å². The molecule has 1 aliphatic heterocycles. The molecule has 0 atom stereocenters. The number of nitrogens with zero attached hydrogens (tertiary/aromatic N) is 2. The second-order valence-corrected chi connectivity index (χ2v) is 5.24. The normalized spacial score (nSPS) is 15.7. The number of rotatable bonds is 2. The molecule has 98 valence electrons. The number of hydrogen-bond donors (Lipinski definition) is 0. The van der Waals surface area contributed by atoms with Gasteiger partial charge in [0, 0.05) is 24.0 Å². The number of anilines is 1. The fourth-order valence-electron chi connectivity index (χ4n) is 2.76. The van der Waals surface area contributed by atoms with E-state index in [1.807, 2.05) is 18.2 Å². The third-order valence-electron chi connectivity index (χ3n) is 3.84. The predicted molar refractivity (Wildman–Crippen MR) is 77.9 cm³/mol. The number of benzene rings is 1. The first-order valence-corrected chi connectivity index (χ1v) is 6.89. The number of carbonyl (C=O) groups is 1. The van der Waals surface area contributed by atoms with Gasteiger partial charge in [0.1, 0.15) is 12.1 Å². The molecule has 1 aromatic heterocycles. The van der Waals surface area contributed by atoms with Crippen LogP contribution in [0.15, 0.2) is 24.3 Å². The SMILES string of the molecule is Cc1cc(N2CCCCC2)nc2cc(C=O)ccc12. The highest BCUT2D eigenvalue weighted by Gasteiger charge is 2.13. The maximum atomic E-state index is 10.9. The van der Waals surface area contributed by atoms with E-state index in [1.54, 1.807) is 0 Å². The average Bonchev–Trinajstić information content (AvgIpc) is 2.47. The molecule has 0 saturated carbocycles. The van der Waals surface area contributed by atoms with Crippen LogP contribution in [0.4, 0.5) is 5.82 Å². The van der Waals surface area contributed by atoms with Gasteiger partial charge in [-0.05, 0) is 43.9 Å². The maximum Gasteiger partial charge on any atom is 0.150 e. The summed E-state index contributed by atoms with van der Waals surface area (Å²) in [5, 5.41) is 1.13. The van der Waals surface area contributed by atoms with Gasteiger partial charge in [-0.2, -0.15) is 0 Å². The summed E-state index contributed by atoms with van der Waals surface area (Å²) in [4.78, 5) is 18.0. The Morgan fingerprint density at radius 2 is 1.95 bits per heavy atom. The first kappa shape index (κ1) is 12.2. The number of piperidine rings is 1. The van der Waals surface area contributed by atoms with Crippen molar-refractivity contribution in [3.8, 4) is 0 Å². The second kappa shape index (κ2) is 5.00. The van der Waals surface area contributed by atoms with Gasteiger partial charge in [-0.15, -0.1) is 0 Å². The summed E-state index contributed by atoms with van der Waals surface area (Å²) in [6, 6.07) is 7.88. The van der Waals surface area contributed by atoms with Crippen LogP contribution in [0.2, 0.25) is 0 Å². The highest BCUT2D eigenvalue weighted by Crippen LogP contribution is 2.25. The van der Waals surface area contributed by atoms with Gasteiger partial charge in [0.15, 0.2) is 0 Å². The fourth-order valence-corrected chi connectivity index (χ4v) is 2.76. The lowest BCUT2D eigenvalue weighted by atomic mass is 10.1. The minimum atomic E-state index is 0.690. The van der Waals surface area contributed by atoms with Gasteiger partial charge in [0.05, 0.1) is 5.52 Å². The molecule has 0 N–H and O–H groups in total. The lowest BCUT2D eigenvalue weighted by molar-refractivity contribution is 0.112. The van der Waals surface area contributed by atoms with E-state index in [-0.39, 0.29) is 0 Å². The molecule has 3 heteroatoms. The van der Waals surface area contributed by atoms with Gasteiger partial charge in [-0.25, -0.2) is 4.98 Å².